The Morgan fingerprint density at radius 1 is 0.689 bits per heavy atom. The van der Waals surface area contributed by atoms with Gasteiger partial charge in [0.2, 0.25) is 5.71 Å². The monoisotopic (exact) mass is 1160 g/mol. The van der Waals surface area contributed by atoms with Crippen LogP contribution in [0.2, 0.25) is 19.6 Å². The minimum absolute atomic E-state index is 0. The molecule has 74 heavy (non-hydrogen) atoms. The molecule has 1 saturated carbocycles. The molecule has 0 spiro atoms. The van der Waals surface area contributed by atoms with E-state index in [1.165, 1.54) is 69.5 Å². The van der Waals surface area contributed by atoms with Gasteiger partial charge in [-0.05, 0) is 103 Å². The first kappa shape index (κ1) is 50.7. The van der Waals surface area contributed by atoms with Crippen molar-refractivity contribution in [1.29, 1.82) is 0 Å². The van der Waals surface area contributed by atoms with E-state index in [0.29, 0.717) is 5.71 Å². The van der Waals surface area contributed by atoms with E-state index in [1.54, 1.807) is 0 Å². The molecule has 1 aliphatic rings. The Labute approximate surface area is 450 Å². The van der Waals surface area contributed by atoms with E-state index in [-0.39, 0.29) is 31.4 Å². The van der Waals surface area contributed by atoms with E-state index in [4.69, 9.17) is 24.4 Å². The Kier molecular flexibility index (Phi) is 14.3. The molecule has 0 N–H and O–H groups in total. The van der Waals surface area contributed by atoms with Crippen LogP contribution < -0.4 is 5.19 Å². The largest absolute Gasteiger partial charge is 0.486 e. The van der Waals surface area contributed by atoms with Gasteiger partial charge in [0, 0.05) is 48.8 Å². The van der Waals surface area contributed by atoms with Crippen molar-refractivity contribution >= 4 is 57.1 Å². The zero-order valence-corrected chi connectivity index (χ0v) is 47.2. The molecule has 0 bridgehead atoms. The first-order valence-electron chi connectivity index (χ1n) is 26.1. The molecule has 0 aliphatic heterocycles. The quantitative estimate of drug-likeness (QED) is 0.106. The van der Waals surface area contributed by atoms with Crippen molar-refractivity contribution in [3.63, 3.8) is 0 Å². The second kappa shape index (κ2) is 20.8. The topological polar surface area (TPSA) is 69.6 Å². The van der Waals surface area contributed by atoms with E-state index in [1.807, 2.05) is 30.5 Å². The van der Waals surface area contributed by atoms with Gasteiger partial charge in [-0.2, -0.15) is 0 Å². The molecule has 5 aromatic heterocycles. The molecule has 12 rings (SSSR count). The third-order valence-corrected chi connectivity index (χ3v) is 16.6. The number of hydrogen-bond donors (Lipinski definition) is 0. The van der Waals surface area contributed by atoms with Crippen LogP contribution in [0.25, 0.3) is 94.5 Å². The maximum Gasteiger partial charge on any atom is 0.216 e. The van der Waals surface area contributed by atoms with Crippen molar-refractivity contribution in [3.8, 4) is 50.6 Å². The molecule has 1 fully saturated rings. The zero-order valence-electron chi connectivity index (χ0n) is 43.8. The molecule has 1 aliphatic carbocycles. The van der Waals surface area contributed by atoms with Crippen molar-refractivity contribution in [3.05, 3.63) is 193 Å². The molecule has 0 unspecified atom stereocenters. The van der Waals surface area contributed by atoms with Crippen molar-refractivity contribution < 1.29 is 24.5 Å². The Morgan fingerprint density at radius 2 is 1.46 bits per heavy atom. The fourth-order valence-electron chi connectivity index (χ4n) is 10.8. The van der Waals surface area contributed by atoms with Gasteiger partial charge in [0.05, 0.1) is 36.7 Å². The van der Waals surface area contributed by atoms with Crippen molar-refractivity contribution in [2.24, 2.45) is 5.92 Å². The summed E-state index contributed by atoms with van der Waals surface area (Å²) < 4.78 is 8.96. The average Bonchev–Trinajstić information content (AvgIpc) is 4.16. The van der Waals surface area contributed by atoms with Gasteiger partial charge in [-0.25, -0.2) is 4.98 Å². The molecule has 6 nitrogen and oxygen atoms in total. The smallest absolute Gasteiger partial charge is 0.216 e. The molecule has 1 radical (unpaired) electrons. The van der Waals surface area contributed by atoms with E-state index in [9.17, 15) is 0 Å². The van der Waals surface area contributed by atoms with Crippen LogP contribution in [-0.2, 0) is 31.9 Å². The summed E-state index contributed by atoms with van der Waals surface area (Å²) in [6.07, 6.45) is 10.3. The van der Waals surface area contributed by atoms with Gasteiger partial charge in [0.15, 0.2) is 0 Å². The first-order valence-corrected chi connectivity index (χ1v) is 29.6. The number of rotatable bonds is 9. The molecule has 8 heteroatoms. The Bertz CT molecular complexity index is 3780. The minimum atomic E-state index is -1.54. The van der Waals surface area contributed by atoms with Crippen LogP contribution >= 0.6 is 0 Å². The Hall–Kier alpha value is -6.83. The standard InChI is InChI=1S/C42H41N4O.C24H22NSi.Ir/c1-26(2)35-24-38-36(25-43-35)45-40(46(38)37-21-18-29(23-34(37)42(3,4)5)28-14-7-6-8-15-28)33-17-11-16-31-32-20-19-30(22-27-12-9-10-13-27)44-41(32)47-39(31)33;1-26(2,3)24-17-25-23(19-11-5-4-6-12-19)16-22(24)21-15-9-13-18-10-7-8-14-20(18)21;/h6-8,11,14-16,18-21,23-27H,9-10,12-13,22H2,1-5H3;4-11,13-17H,1-3H3;/q2*-1;. The molecule has 6 aromatic carbocycles. The normalized spacial score (nSPS) is 13.2. The van der Waals surface area contributed by atoms with E-state index >= 15 is 0 Å². The van der Waals surface area contributed by atoms with Crippen LogP contribution in [-0.4, -0.2) is 32.6 Å². The average molecular weight is 1160 g/mol. The zero-order chi connectivity index (χ0) is 50.4. The second-order valence-electron chi connectivity index (χ2n) is 22.2. The maximum atomic E-state index is 6.66. The fourth-order valence-corrected chi connectivity index (χ4v) is 12.2. The Morgan fingerprint density at radius 3 is 2.22 bits per heavy atom. The van der Waals surface area contributed by atoms with E-state index in [2.05, 4.69) is 205 Å². The number of pyridine rings is 3. The van der Waals surface area contributed by atoms with Crippen LogP contribution in [0.15, 0.2) is 168 Å². The van der Waals surface area contributed by atoms with Gasteiger partial charge in [0.25, 0.3) is 0 Å². The van der Waals surface area contributed by atoms with Crippen LogP contribution in [0.5, 0.6) is 0 Å². The Balaban J connectivity index is 0.000000196. The number of furan rings is 1. The summed E-state index contributed by atoms with van der Waals surface area (Å²) in [5.74, 6) is 1.79. The summed E-state index contributed by atoms with van der Waals surface area (Å²) in [4.78, 5) is 19.9. The number of fused-ring (bicyclic) bond motifs is 5. The summed E-state index contributed by atoms with van der Waals surface area (Å²) in [7, 11) is -1.54. The van der Waals surface area contributed by atoms with Gasteiger partial charge in [-0.3, -0.25) is 9.97 Å². The fraction of sp³-hybridized carbons (Fsp3) is 0.242. The molecule has 0 atom stereocenters. The summed E-state index contributed by atoms with van der Waals surface area (Å²) in [6, 6.07) is 60.4. The van der Waals surface area contributed by atoms with Crippen molar-refractivity contribution in [2.75, 3.05) is 0 Å². The summed E-state index contributed by atoms with van der Waals surface area (Å²) in [5, 5.41) is 6.02. The second-order valence-corrected chi connectivity index (χ2v) is 27.3. The predicted octanol–water partition coefficient (Wildman–Crippen LogP) is 16.9. The van der Waals surface area contributed by atoms with Gasteiger partial charge in [-0.15, -0.1) is 54.1 Å². The van der Waals surface area contributed by atoms with Crippen LogP contribution in [0.3, 0.4) is 0 Å². The molecule has 5 heterocycles. The number of imidazole rings is 1. The summed E-state index contributed by atoms with van der Waals surface area (Å²) >= 11 is 0. The molecular formula is C66H63IrN5OSi-2. The van der Waals surface area contributed by atoms with Crippen molar-refractivity contribution in [1.82, 2.24) is 24.5 Å². The molecule has 373 valence electrons. The molecule has 0 amide bonds. The van der Waals surface area contributed by atoms with Crippen LogP contribution in [0.1, 0.15) is 83.2 Å². The number of aromatic nitrogens is 5. The maximum absolute atomic E-state index is 6.66. The van der Waals surface area contributed by atoms with Gasteiger partial charge < -0.3 is 14.0 Å². The van der Waals surface area contributed by atoms with E-state index in [0.717, 1.165) is 79.4 Å². The first-order chi connectivity index (χ1) is 35.3. The number of benzene rings is 6. The van der Waals surface area contributed by atoms with Gasteiger partial charge in [-0.1, -0.05) is 176 Å². The van der Waals surface area contributed by atoms with Gasteiger partial charge >= 0.3 is 0 Å². The van der Waals surface area contributed by atoms with Crippen LogP contribution in [0, 0.1) is 18.1 Å². The van der Waals surface area contributed by atoms with Gasteiger partial charge in [0.1, 0.15) is 0 Å². The molecule has 0 saturated heterocycles. The number of hydrogen-bond acceptors (Lipinski definition) is 5. The SMILES string of the molecule is CC(C)c1cc2c(cn1)nc(-c1[c-]ccc3c1oc1nc(CC4CCCC4)ccc13)n2-c1ccc(-c2ccccc2)cc1C(C)(C)C.C[Si](C)(C)c1cnc(-c2[c-]cccc2)cc1-c1cccc2ccccc12.[Ir]. The third-order valence-electron chi connectivity index (χ3n) is 14.6. The minimum Gasteiger partial charge on any atom is -0.486 e. The summed E-state index contributed by atoms with van der Waals surface area (Å²) in [6.45, 7) is 18.3. The van der Waals surface area contributed by atoms with Crippen LogP contribution in [0.4, 0.5) is 0 Å². The predicted molar refractivity (Wildman–Crippen MR) is 307 cm³/mol. The molecular weight excluding hydrogens is 1100 g/mol. The molecule has 11 aromatic rings. The third kappa shape index (κ3) is 10.1. The van der Waals surface area contributed by atoms with E-state index < -0.39 is 8.07 Å². The number of nitrogens with zero attached hydrogens (tertiary/aromatic N) is 5. The summed E-state index contributed by atoms with van der Waals surface area (Å²) in [5.41, 5.74) is 15.5. The van der Waals surface area contributed by atoms with Crippen molar-refractivity contribution in [2.45, 2.75) is 97.7 Å².